The van der Waals surface area contributed by atoms with Crippen LogP contribution >= 0.6 is 15.9 Å². The minimum absolute atomic E-state index is 0.590. The third kappa shape index (κ3) is 4.08. The van der Waals surface area contributed by atoms with Gasteiger partial charge in [0, 0.05) is 0 Å². The van der Waals surface area contributed by atoms with Crippen LogP contribution in [0.5, 0.6) is 5.75 Å². The summed E-state index contributed by atoms with van der Waals surface area (Å²) in [5.41, 5.74) is 11.9. The summed E-state index contributed by atoms with van der Waals surface area (Å²) >= 11 is 3.57. The largest absolute Gasteiger partial charge is 0.488 e. The highest BCUT2D eigenvalue weighted by Crippen LogP contribution is 2.28. The predicted molar refractivity (Wildman–Crippen MR) is 91.9 cm³/mol. The number of hydrogen-bond donors (Lipinski definition) is 1. The van der Waals surface area contributed by atoms with E-state index < -0.39 is 0 Å². The molecule has 2 N–H and O–H groups in total. The van der Waals surface area contributed by atoms with Crippen molar-refractivity contribution in [3.63, 3.8) is 0 Å². The van der Waals surface area contributed by atoms with Crippen LogP contribution in [0.15, 0.2) is 34.8 Å². The van der Waals surface area contributed by atoms with Crippen molar-refractivity contribution in [1.82, 2.24) is 0 Å². The van der Waals surface area contributed by atoms with E-state index in [0.29, 0.717) is 13.2 Å². The summed E-state index contributed by atoms with van der Waals surface area (Å²) < 4.78 is 6.96. The van der Waals surface area contributed by atoms with Gasteiger partial charge in [0.1, 0.15) is 12.4 Å². The van der Waals surface area contributed by atoms with Gasteiger partial charge in [0.15, 0.2) is 0 Å². The smallest absolute Gasteiger partial charge is 0.134 e. The van der Waals surface area contributed by atoms with E-state index in [1.807, 2.05) is 6.07 Å². The van der Waals surface area contributed by atoms with Crippen molar-refractivity contribution < 1.29 is 4.74 Å². The lowest BCUT2D eigenvalue weighted by Gasteiger charge is -2.14. The zero-order chi connectivity index (χ0) is 15.4. The quantitative estimate of drug-likeness (QED) is 0.866. The maximum absolute atomic E-state index is 5.98. The summed E-state index contributed by atoms with van der Waals surface area (Å²) in [5, 5.41) is 0. The van der Waals surface area contributed by atoms with E-state index >= 15 is 0 Å². The van der Waals surface area contributed by atoms with Crippen LogP contribution in [0.4, 0.5) is 0 Å². The molecule has 0 fully saturated rings. The minimum atomic E-state index is 0.590. The Morgan fingerprint density at radius 2 is 1.71 bits per heavy atom. The van der Waals surface area contributed by atoms with Gasteiger partial charge in [-0.05, 0) is 84.1 Å². The average Bonchev–Trinajstić information content (AvgIpc) is 2.40. The molecule has 0 aliphatic rings. The summed E-state index contributed by atoms with van der Waals surface area (Å²) in [5.74, 6) is 0.871. The highest BCUT2D eigenvalue weighted by Gasteiger charge is 2.07. The Hall–Kier alpha value is -1.32. The van der Waals surface area contributed by atoms with E-state index in [4.69, 9.17) is 10.5 Å². The molecular weight excluding hydrogens is 326 g/mol. The molecule has 0 aromatic heterocycles. The number of ether oxygens (including phenoxy) is 1. The first-order valence-corrected chi connectivity index (χ1v) is 7.98. The number of aryl methyl sites for hydroxylation is 3. The summed E-state index contributed by atoms with van der Waals surface area (Å²) in [4.78, 5) is 0. The number of nitrogens with two attached hydrogens (primary N) is 1. The van der Waals surface area contributed by atoms with Crippen LogP contribution in [0.1, 0.15) is 27.8 Å². The Bertz CT molecular complexity index is 614. The average molecular weight is 348 g/mol. The van der Waals surface area contributed by atoms with Gasteiger partial charge in [0.2, 0.25) is 0 Å². The second-order valence-corrected chi connectivity index (χ2v) is 6.32. The standard InChI is InChI=1S/C18H22BrNO/c1-12-8-13(2)16(14(3)9-12)11-21-18-5-4-15(6-7-20)10-17(18)19/h4-5,8-10H,6-7,11,20H2,1-3H3. The van der Waals surface area contributed by atoms with Crippen molar-refractivity contribution >= 4 is 15.9 Å². The molecule has 0 heterocycles. The second kappa shape index (κ2) is 7.10. The van der Waals surface area contributed by atoms with E-state index in [1.165, 1.54) is 27.8 Å². The molecule has 0 spiro atoms. The molecule has 2 aromatic rings. The molecule has 0 saturated heterocycles. The van der Waals surface area contributed by atoms with Gasteiger partial charge in [0.05, 0.1) is 4.47 Å². The number of rotatable bonds is 5. The van der Waals surface area contributed by atoms with Crippen molar-refractivity contribution in [1.29, 1.82) is 0 Å². The molecule has 0 saturated carbocycles. The second-order valence-electron chi connectivity index (χ2n) is 5.47. The van der Waals surface area contributed by atoms with E-state index in [9.17, 15) is 0 Å². The molecule has 21 heavy (non-hydrogen) atoms. The molecule has 0 aliphatic heterocycles. The molecule has 0 unspecified atom stereocenters. The van der Waals surface area contributed by atoms with E-state index in [2.05, 4.69) is 61.0 Å². The van der Waals surface area contributed by atoms with Gasteiger partial charge in [-0.25, -0.2) is 0 Å². The number of hydrogen-bond acceptors (Lipinski definition) is 2. The molecule has 2 aromatic carbocycles. The summed E-state index contributed by atoms with van der Waals surface area (Å²) in [6.45, 7) is 7.65. The lowest BCUT2D eigenvalue weighted by atomic mass is 10.0. The fraction of sp³-hybridized carbons (Fsp3) is 0.333. The molecule has 0 atom stereocenters. The monoisotopic (exact) mass is 347 g/mol. The van der Waals surface area contributed by atoms with Crippen LogP contribution in [-0.4, -0.2) is 6.54 Å². The van der Waals surface area contributed by atoms with Gasteiger partial charge < -0.3 is 10.5 Å². The highest BCUT2D eigenvalue weighted by molar-refractivity contribution is 9.10. The van der Waals surface area contributed by atoms with Gasteiger partial charge in [0.25, 0.3) is 0 Å². The summed E-state index contributed by atoms with van der Waals surface area (Å²) in [6, 6.07) is 10.6. The van der Waals surface area contributed by atoms with Gasteiger partial charge in [-0.3, -0.25) is 0 Å². The molecular formula is C18H22BrNO. The molecule has 112 valence electrons. The Kier molecular flexibility index (Phi) is 5.43. The topological polar surface area (TPSA) is 35.2 Å². The van der Waals surface area contributed by atoms with Crippen molar-refractivity contribution in [3.05, 3.63) is 62.6 Å². The molecule has 0 aliphatic carbocycles. The number of halogens is 1. The normalized spacial score (nSPS) is 10.7. The Morgan fingerprint density at radius 1 is 1.05 bits per heavy atom. The van der Waals surface area contributed by atoms with E-state index in [1.54, 1.807) is 0 Å². The van der Waals surface area contributed by atoms with Crippen LogP contribution in [0.25, 0.3) is 0 Å². The fourth-order valence-electron chi connectivity index (χ4n) is 2.57. The van der Waals surface area contributed by atoms with Gasteiger partial charge >= 0.3 is 0 Å². The molecule has 2 rings (SSSR count). The Labute approximate surface area is 135 Å². The molecule has 0 amide bonds. The molecule has 3 heteroatoms. The molecule has 0 radical (unpaired) electrons. The lowest BCUT2D eigenvalue weighted by molar-refractivity contribution is 0.302. The summed E-state index contributed by atoms with van der Waals surface area (Å²) in [6.07, 6.45) is 0.884. The van der Waals surface area contributed by atoms with Crippen LogP contribution < -0.4 is 10.5 Å². The SMILES string of the molecule is Cc1cc(C)c(COc2ccc(CCN)cc2Br)c(C)c1. The molecule has 0 bridgehead atoms. The van der Waals surface area contributed by atoms with Crippen LogP contribution in [-0.2, 0) is 13.0 Å². The van der Waals surface area contributed by atoms with Gasteiger partial charge in [-0.2, -0.15) is 0 Å². The van der Waals surface area contributed by atoms with Gasteiger partial charge in [-0.15, -0.1) is 0 Å². The first-order chi connectivity index (χ1) is 10.0. The maximum atomic E-state index is 5.98. The summed E-state index contributed by atoms with van der Waals surface area (Å²) in [7, 11) is 0. The minimum Gasteiger partial charge on any atom is -0.488 e. The lowest BCUT2D eigenvalue weighted by Crippen LogP contribution is -2.04. The first-order valence-electron chi connectivity index (χ1n) is 7.19. The van der Waals surface area contributed by atoms with Crippen molar-refractivity contribution in [2.75, 3.05) is 6.54 Å². The first kappa shape index (κ1) is 16.1. The van der Waals surface area contributed by atoms with Crippen LogP contribution in [0.2, 0.25) is 0 Å². The molecule has 2 nitrogen and oxygen atoms in total. The zero-order valence-corrected chi connectivity index (χ0v) is 14.5. The fourth-order valence-corrected chi connectivity index (χ4v) is 3.11. The number of benzene rings is 2. The highest BCUT2D eigenvalue weighted by atomic mass is 79.9. The van der Waals surface area contributed by atoms with Crippen LogP contribution in [0, 0.1) is 20.8 Å². The van der Waals surface area contributed by atoms with E-state index in [0.717, 1.165) is 16.6 Å². The van der Waals surface area contributed by atoms with E-state index in [-0.39, 0.29) is 0 Å². The van der Waals surface area contributed by atoms with Crippen molar-refractivity contribution in [2.24, 2.45) is 5.73 Å². The van der Waals surface area contributed by atoms with Crippen molar-refractivity contribution in [2.45, 2.75) is 33.8 Å². The maximum Gasteiger partial charge on any atom is 0.134 e. The van der Waals surface area contributed by atoms with Gasteiger partial charge in [-0.1, -0.05) is 23.8 Å². The Balaban J connectivity index is 2.13. The Morgan fingerprint density at radius 3 is 2.29 bits per heavy atom. The van der Waals surface area contributed by atoms with Crippen molar-refractivity contribution in [3.8, 4) is 5.75 Å². The third-order valence-electron chi connectivity index (χ3n) is 3.64. The predicted octanol–water partition coefficient (Wildman–Crippen LogP) is 4.45. The third-order valence-corrected chi connectivity index (χ3v) is 4.26. The van der Waals surface area contributed by atoms with Crippen LogP contribution in [0.3, 0.4) is 0 Å². The zero-order valence-electron chi connectivity index (χ0n) is 12.9.